The van der Waals surface area contributed by atoms with Crippen LogP contribution in [-0.2, 0) is 0 Å². The van der Waals surface area contributed by atoms with Gasteiger partial charge in [-0.2, -0.15) is 0 Å². The molecular weight excluding hydrogens is 244 g/mol. The van der Waals surface area contributed by atoms with E-state index in [-0.39, 0.29) is 0 Å². The zero-order valence-electron chi connectivity index (χ0n) is 8.03. The van der Waals surface area contributed by atoms with Gasteiger partial charge < -0.3 is 9.84 Å². The molecule has 0 unspecified atom stereocenters. The average molecular weight is 257 g/mol. The second kappa shape index (κ2) is 5.17. The Morgan fingerprint density at radius 2 is 2.36 bits per heavy atom. The van der Waals surface area contributed by atoms with Gasteiger partial charge in [0.05, 0.1) is 6.10 Å². The van der Waals surface area contributed by atoms with Crippen LogP contribution in [0.1, 0.15) is 18.6 Å². The molecule has 1 atom stereocenters. The van der Waals surface area contributed by atoms with Crippen molar-refractivity contribution in [2.75, 3.05) is 6.61 Å². The predicted octanol–water partition coefficient (Wildman–Crippen LogP) is 3.07. The molecule has 0 heterocycles. The molecule has 0 saturated heterocycles. The summed E-state index contributed by atoms with van der Waals surface area (Å²) in [5, 5.41) is 9.47. The molecule has 0 aromatic heterocycles. The number of aliphatic hydroxyl groups is 1. The van der Waals surface area contributed by atoms with Crippen molar-refractivity contribution >= 4 is 15.9 Å². The number of rotatable bonds is 4. The summed E-state index contributed by atoms with van der Waals surface area (Å²) in [5.41, 5.74) is 0.787. The zero-order chi connectivity index (χ0) is 10.6. The van der Waals surface area contributed by atoms with Crippen LogP contribution in [0, 0.1) is 0 Å². The van der Waals surface area contributed by atoms with E-state index in [1.54, 1.807) is 13.0 Å². The number of aliphatic hydroxyl groups excluding tert-OH is 1. The standard InChI is InChI=1S/C11H13BrO2/c1-3-6-14-11-7-9(12)4-5-10(11)8(2)13/h3-5,7-8,13H,1,6H2,2H3/t8-/m1/s1. The van der Waals surface area contributed by atoms with E-state index in [4.69, 9.17) is 4.74 Å². The second-order valence-corrected chi connectivity index (χ2v) is 3.87. The number of benzene rings is 1. The van der Waals surface area contributed by atoms with Crippen molar-refractivity contribution in [3.8, 4) is 5.75 Å². The Hall–Kier alpha value is -0.800. The first-order valence-corrected chi connectivity index (χ1v) is 5.15. The first kappa shape index (κ1) is 11.3. The molecule has 0 saturated carbocycles. The first-order chi connectivity index (χ1) is 6.65. The fraction of sp³-hybridized carbons (Fsp3) is 0.273. The lowest BCUT2D eigenvalue weighted by atomic mass is 10.1. The third-order valence-electron chi connectivity index (χ3n) is 1.78. The molecule has 0 amide bonds. The molecule has 0 spiro atoms. The Balaban J connectivity index is 2.96. The Morgan fingerprint density at radius 1 is 1.64 bits per heavy atom. The first-order valence-electron chi connectivity index (χ1n) is 4.36. The van der Waals surface area contributed by atoms with Crippen LogP contribution >= 0.6 is 15.9 Å². The molecule has 1 rings (SSSR count). The SMILES string of the molecule is C=CCOc1cc(Br)ccc1[C@@H](C)O. The molecule has 1 N–H and O–H groups in total. The highest BCUT2D eigenvalue weighted by molar-refractivity contribution is 9.10. The Kier molecular flexibility index (Phi) is 4.17. The van der Waals surface area contributed by atoms with Crippen LogP contribution in [-0.4, -0.2) is 11.7 Å². The molecular formula is C11H13BrO2. The molecule has 0 bridgehead atoms. The maximum atomic E-state index is 9.47. The summed E-state index contributed by atoms with van der Waals surface area (Å²) in [6.45, 7) is 5.73. The van der Waals surface area contributed by atoms with E-state index in [1.807, 2.05) is 18.2 Å². The Morgan fingerprint density at radius 3 is 2.93 bits per heavy atom. The van der Waals surface area contributed by atoms with Crippen molar-refractivity contribution in [1.29, 1.82) is 0 Å². The predicted molar refractivity (Wildman–Crippen MR) is 60.5 cm³/mol. The van der Waals surface area contributed by atoms with Crippen LogP contribution < -0.4 is 4.74 Å². The van der Waals surface area contributed by atoms with Gasteiger partial charge in [-0.15, -0.1) is 0 Å². The lowest BCUT2D eigenvalue weighted by Gasteiger charge is -2.12. The van der Waals surface area contributed by atoms with Crippen LogP contribution in [0.4, 0.5) is 0 Å². The fourth-order valence-corrected chi connectivity index (χ4v) is 1.47. The van der Waals surface area contributed by atoms with Crippen LogP contribution in [0.25, 0.3) is 0 Å². The molecule has 76 valence electrons. The summed E-state index contributed by atoms with van der Waals surface area (Å²) in [6.07, 6.45) is 1.15. The largest absolute Gasteiger partial charge is 0.489 e. The third kappa shape index (κ3) is 2.86. The minimum atomic E-state index is -0.525. The number of ether oxygens (including phenoxy) is 1. The van der Waals surface area contributed by atoms with Gasteiger partial charge in [-0.05, 0) is 19.1 Å². The van der Waals surface area contributed by atoms with Gasteiger partial charge in [0, 0.05) is 10.0 Å². The third-order valence-corrected chi connectivity index (χ3v) is 2.28. The van der Waals surface area contributed by atoms with E-state index >= 15 is 0 Å². The van der Waals surface area contributed by atoms with Crippen molar-refractivity contribution in [3.63, 3.8) is 0 Å². The van der Waals surface area contributed by atoms with Gasteiger partial charge in [-0.25, -0.2) is 0 Å². The van der Waals surface area contributed by atoms with Crippen molar-refractivity contribution in [3.05, 3.63) is 40.9 Å². The monoisotopic (exact) mass is 256 g/mol. The van der Waals surface area contributed by atoms with Gasteiger partial charge in [-0.3, -0.25) is 0 Å². The van der Waals surface area contributed by atoms with E-state index in [0.717, 1.165) is 10.0 Å². The van der Waals surface area contributed by atoms with Gasteiger partial charge >= 0.3 is 0 Å². The van der Waals surface area contributed by atoms with Gasteiger partial charge in [-0.1, -0.05) is 34.7 Å². The van der Waals surface area contributed by atoms with Crippen molar-refractivity contribution in [2.24, 2.45) is 0 Å². The van der Waals surface area contributed by atoms with Crippen molar-refractivity contribution in [2.45, 2.75) is 13.0 Å². The van der Waals surface area contributed by atoms with Gasteiger partial charge in [0.1, 0.15) is 12.4 Å². The van der Waals surface area contributed by atoms with Crippen molar-refractivity contribution < 1.29 is 9.84 Å². The molecule has 14 heavy (non-hydrogen) atoms. The molecule has 2 nitrogen and oxygen atoms in total. The highest BCUT2D eigenvalue weighted by atomic mass is 79.9. The number of hydrogen-bond donors (Lipinski definition) is 1. The van der Waals surface area contributed by atoms with E-state index < -0.39 is 6.10 Å². The minimum Gasteiger partial charge on any atom is -0.489 e. The maximum Gasteiger partial charge on any atom is 0.126 e. The molecule has 3 heteroatoms. The molecule has 1 aromatic rings. The molecule has 0 fully saturated rings. The molecule has 0 aliphatic rings. The minimum absolute atomic E-state index is 0.441. The van der Waals surface area contributed by atoms with E-state index in [0.29, 0.717) is 12.4 Å². The van der Waals surface area contributed by atoms with Gasteiger partial charge in [0.2, 0.25) is 0 Å². The summed E-state index contributed by atoms with van der Waals surface area (Å²) in [4.78, 5) is 0. The number of hydrogen-bond acceptors (Lipinski definition) is 2. The summed E-state index contributed by atoms with van der Waals surface area (Å²) in [6, 6.07) is 5.56. The summed E-state index contributed by atoms with van der Waals surface area (Å²) >= 11 is 3.35. The zero-order valence-corrected chi connectivity index (χ0v) is 9.62. The second-order valence-electron chi connectivity index (χ2n) is 2.96. The summed E-state index contributed by atoms with van der Waals surface area (Å²) in [5.74, 6) is 0.689. The maximum absolute atomic E-state index is 9.47. The molecule has 0 aliphatic carbocycles. The highest BCUT2D eigenvalue weighted by Crippen LogP contribution is 2.28. The Bertz CT molecular complexity index is 321. The lowest BCUT2D eigenvalue weighted by Crippen LogP contribution is -2.00. The van der Waals surface area contributed by atoms with E-state index in [1.165, 1.54) is 0 Å². The van der Waals surface area contributed by atoms with Crippen LogP contribution in [0.5, 0.6) is 5.75 Å². The van der Waals surface area contributed by atoms with Crippen LogP contribution in [0.3, 0.4) is 0 Å². The average Bonchev–Trinajstić information content (AvgIpc) is 2.14. The van der Waals surface area contributed by atoms with Gasteiger partial charge in [0.25, 0.3) is 0 Å². The highest BCUT2D eigenvalue weighted by Gasteiger charge is 2.08. The van der Waals surface area contributed by atoms with Crippen LogP contribution in [0.15, 0.2) is 35.3 Å². The Labute approximate surface area is 92.3 Å². The van der Waals surface area contributed by atoms with Crippen LogP contribution in [0.2, 0.25) is 0 Å². The quantitative estimate of drug-likeness (QED) is 0.840. The van der Waals surface area contributed by atoms with E-state index in [2.05, 4.69) is 22.5 Å². The number of halogens is 1. The lowest BCUT2D eigenvalue weighted by molar-refractivity contribution is 0.193. The molecule has 0 aliphatic heterocycles. The molecule has 1 aromatic carbocycles. The fourth-order valence-electron chi connectivity index (χ4n) is 1.13. The van der Waals surface area contributed by atoms with Gasteiger partial charge in [0.15, 0.2) is 0 Å². The molecule has 0 radical (unpaired) electrons. The topological polar surface area (TPSA) is 29.5 Å². The summed E-state index contributed by atoms with van der Waals surface area (Å²) < 4.78 is 6.35. The summed E-state index contributed by atoms with van der Waals surface area (Å²) in [7, 11) is 0. The van der Waals surface area contributed by atoms with Crippen molar-refractivity contribution in [1.82, 2.24) is 0 Å². The normalized spacial score (nSPS) is 12.2. The van der Waals surface area contributed by atoms with E-state index in [9.17, 15) is 5.11 Å². The smallest absolute Gasteiger partial charge is 0.126 e.